The lowest BCUT2D eigenvalue weighted by Gasteiger charge is -2.11. The van der Waals surface area contributed by atoms with Crippen LogP contribution < -0.4 is 5.32 Å². The van der Waals surface area contributed by atoms with E-state index in [1.807, 2.05) is 25.6 Å². The molecule has 0 aromatic carbocycles. The highest BCUT2D eigenvalue weighted by atomic mass is 32.2. The van der Waals surface area contributed by atoms with E-state index in [0.29, 0.717) is 0 Å². The van der Waals surface area contributed by atoms with Gasteiger partial charge < -0.3 is 5.32 Å². The molecule has 0 saturated carbocycles. The van der Waals surface area contributed by atoms with Crippen molar-refractivity contribution >= 4 is 17.7 Å². The zero-order valence-corrected chi connectivity index (χ0v) is 9.49. The third-order valence-electron chi connectivity index (χ3n) is 1.61. The maximum absolute atomic E-state index is 11.1. The Morgan fingerprint density at radius 2 is 2.31 bits per heavy atom. The third kappa shape index (κ3) is 7.91. The summed E-state index contributed by atoms with van der Waals surface area (Å²) in [5.74, 6) is 2.28. The topological polar surface area (TPSA) is 29.1 Å². The number of thioether (sulfide) groups is 1. The minimum absolute atomic E-state index is 0.0106. The fourth-order valence-electron chi connectivity index (χ4n) is 0.919. The quantitative estimate of drug-likeness (QED) is 0.527. The predicted molar refractivity (Wildman–Crippen MR) is 60.0 cm³/mol. The van der Waals surface area contributed by atoms with Crippen molar-refractivity contribution in [3.05, 3.63) is 12.2 Å². The molecule has 0 aliphatic rings. The minimum atomic E-state index is 0.0106. The fourth-order valence-corrected chi connectivity index (χ4v) is 1.73. The number of carbonyl (C=O) groups excluding carboxylic acids is 1. The van der Waals surface area contributed by atoms with Crippen molar-refractivity contribution in [1.82, 2.24) is 5.32 Å². The Kier molecular flexibility index (Phi) is 7.90. The molecule has 0 aliphatic heterocycles. The normalized spacial score (nSPS) is 13.2. The van der Waals surface area contributed by atoms with Gasteiger partial charge in [-0.3, -0.25) is 4.79 Å². The number of hydrogen-bond donors (Lipinski definition) is 1. The lowest BCUT2D eigenvalue weighted by atomic mass is 10.2. The van der Waals surface area contributed by atoms with E-state index in [-0.39, 0.29) is 11.9 Å². The monoisotopic (exact) mass is 201 g/mol. The molecular weight excluding hydrogens is 182 g/mol. The lowest BCUT2D eigenvalue weighted by molar-refractivity contribution is -0.117. The first-order chi connectivity index (χ1) is 6.20. The van der Waals surface area contributed by atoms with Crippen LogP contribution in [0.1, 0.15) is 27.2 Å². The molecular formula is C10H19NOS. The standard InChI is InChI=1S/C10H19NOS/c1-4-6-10(12)11-9(3)7-8-13-5-2/h4,6,9H,5,7-8H2,1-3H3,(H,11,12)/b6-4+. The Morgan fingerprint density at radius 1 is 1.62 bits per heavy atom. The molecule has 1 unspecified atom stereocenters. The summed E-state index contributed by atoms with van der Waals surface area (Å²) in [7, 11) is 0. The smallest absolute Gasteiger partial charge is 0.243 e. The molecule has 0 aromatic rings. The van der Waals surface area contributed by atoms with Crippen LogP contribution in [0.15, 0.2) is 12.2 Å². The van der Waals surface area contributed by atoms with Gasteiger partial charge in [-0.1, -0.05) is 13.0 Å². The Balaban J connectivity index is 3.49. The van der Waals surface area contributed by atoms with E-state index in [4.69, 9.17) is 0 Å². The SMILES string of the molecule is C/C=C/C(=O)NC(C)CCSCC. The van der Waals surface area contributed by atoms with Gasteiger partial charge >= 0.3 is 0 Å². The maximum atomic E-state index is 11.1. The molecule has 0 heterocycles. The van der Waals surface area contributed by atoms with Gasteiger partial charge in [0.1, 0.15) is 0 Å². The zero-order valence-electron chi connectivity index (χ0n) is 8.67. The van der Waals surface area contributed by atoms with Crippen LogP contribution in [0, 0.1) is 0 Å². The molecule has 0 rings (SSSR count). The summed E-state index contributed by atoms with van der Waals surface area (Å²) < 4.78 is 0. The van der Waals surface area contributed by atoms with Crippen LogP contribution in [0.25, 0.3) is 0 Å². The minimum Gasteiger partial charge on any atom is -0.350 e. The van der Waals surface area contributed by atoms with E-state index >= 15 is 0 Å². The van der Waals surface area contributed by atoms with Gasteiger partial charge in [0.2, 0.25) is 5.91 Å². The van der Waals surface area contributed by atoms with E-state index < -0.39 is 0 Å². The van der Waals surface area contributed by atoms with Gasteiger partial charge in [0.05, 0.1) is 0 Å². The molecule has 0 bridgehead atoms. The summed E-state index contributed by atoms with van der Waals surface area (Å²) in [6, 6.07) is 0.280. The van der Waals surface area contributed by atoms with Crippen molar-refractivity contribution in [2.45, 2.75) is 33.2 Å². The predicted octanol–water partition coefficient (Wildman–Crippen LogP) is 2.21. The lowest BCUT2D eigenvalue weighted by Crippen LogP contribution is -2.31. The van der Waals surface area contributed by atoms with Crippen molar-refractivity contribution in [1.29, 1.82) is 0 Å². The average molecular weight is 201 g/mol. The summed E-state index contributed by atoms with van der Waals surface area (Å²) in [6.07, 6.45) is 4.36. The summed E-state index contributed by atoms with van der Waals surface area (Å²) >= 11 is 1.91. The molecule has 1 N–H and O–H groups in total. The summed E-state index contributed by atoms with van der Waals surface area (Å²) in [4.78, 5) is 11.1. The highest BCUT2D eigenvalue weighted by Gasteiger charge is 2.03. The van der Waals surface area contributed by atoms with Crippen molar-refractivity contribution in [2.24, 2.45) is 0 Å². The number of carbonyl (C=O) groups is 1. The molecule has 0 aliphatic carbocycles. The van der Waals surface area contributed by atoms with E-state index in [0.717, 1.165) is 17.9 Å². The van der Waals surface area contributed by atoms with Crippen molar-refractivity contribution in [3.8, 4) is 0 Å². The number of rotatable bonds is 6. The van der Waals surface area contributed by atoms with Crippen LogP contribution in [-0.2, 0) is 4.79 Å². The van der Waals surface area contributed by atoms with Crippen molar-refractivity contribution in [2.75, 3.05) is 11.5 Å². The van der Waals surface area contributed by atoms with Gasteiger partial charge in [-0.25, -0.2) is 0 Å². The number of nitrogens with one attached hydrogen (secondary N) is 1. The summed E-state index contributed by atoms with van der Waals surface area (Å²) in [5.41, 5.74) is 0. The van der Waals surface area contributed by atoms with Crippen LogP contribution in [0.4, 0.5) is 0 Å². The third-order valence-corrected chi connectivity index (χ3v) is 2.54. The molecule has 0 saturated heterocycles. The molecule has 1 atom stereocenters. The van der Waals surface area contributed by atoms with Crippen LogP contribution in [0.5, 0.6) is 0 Å². The van der Waals surface area contributed by atoms with Crippen LogP contribution in [0.3, 0.4) is 0 Å². The Hall–Kier alpha value is -0.440. The van der Waals surface area contributed by atoms with Gasteiger partial charge in [0.15, 0.2) is 0 Å². The second-order valence-corrected chi connectivity index (χ2v) is 4.29. The summed E-state index contributed by atoms with van der Waals surface area (Å²) in [5, 5.41) is 2.90. The molecule has 0 radical (unpaired) electrons. The maximum Gasteiger partial charge on any atom is 0.243 e. The number of amides is 1. The first-order valence-electron chi connectivity index (χ1n) is 4.71. The number of allylic oxidation sites excluding steroid dienone is 1. The highest BCUT2D eigenvalue weighted by Crippen LogP contribution is 2.03. The van der Waals surface area contributed by atoms with Gasteiger partial charge in [-0.15, -0.1) is 0 Å². The van der Waals surface area contributed by atoms with Gasteiger partial charge in [0, 0.05) is 6.04 Å². The molecule has 0 aromatic heterocycles. The van der Waals surface area contributed by atoms with E-state index in [9.17, 15) is 4.79 Å². The Bertz CT molecular complexity index is 168. The molecule has 13 heavy (non-hydrogen) atoms. The Labute approximate surface area is 85.2 Å². The van der Waals surface area contributed by atoms with E-state index in [2.05, 4.69) is 12.2 Å². The largest absolute Gasteiger partial charge is 0.350 e. The Morgan fingerprint density at radius 3 is 2.85 bits per heavy atom. The van der Waals surface area contributed by atoms with E-state index in [1.54, 1.807) is 12.2 Å². The second kappa shape index (κ2) is 8.17. The molecule has 0 fully saturated rings. The van der Waals surface area contributed by atoms with Crippen molar-refractivity contribution < 1.29 is 4.79 Å². The first-order valence-corrected chi connectivity index (χ1v) is 5.87. The highest BCUT2D eigenvalue weighted by molar-refractivity contribution is 7.99. The molecule has 0 spiro atoms. The molecule has 76 valence electrons. The molecule has 1 amide bonds. The van der Waals surface area contributed by atoms with Crippen molar-refractivity contribution in [3.63, 3.8) is 0 Å². The van der Waals surface area contributed by atoms with Crippen LogP contribution in [0.2, 0.25) is 0 Å². The first kappa shape index (κ1) is 12.6. The van der Waals surface area contributed by atoms with Gasteiger partial charge in [0.25, 0.3) is 0 Å². The number of hydrogen-bond acceptors (Lipinski definition) is 2. The molecule has 2 nitrogen and oxygen atoms in total. The average Bonchev–Trinajstić information content (AvgIpc) is 2.05. The second-order valence-electron chi connectivity index (χ2n) is 2.90. The fraction of sp³-hybridized carbons (Fsp3) is 0.700. The molecule has 3 heteroatoms. The van der Waals surface area contributed by atoms with Gasteiger partial charge in [-0.2, -0.15) is 11.8 Å². The summed E-state index contributed by atoms with van der Waals surface area (Å²) in [6.45, 7) is 6.03. The van der Waals surface area contributed by atoms with Crippen LogP contribution in [-0.4, -0.2) is 23.5 Å². The zero-order chi connectivity index (χ0) is 10.1. The van der Waals surface area contributed by atoms with E-state index in [1.165, 1.54) is 0 Å². The van der Waals surface area contributed by atoms with Gasteiger partial charge in [-0.05, 0) is 37.9 Å². The van der Waals surface area contributed by atoms with Crippen LogP contribution >= 0.6 is 11.8 Å².